The van der Waals surface area contributed by atoms with E-state index in [9.17, 15) is 9.59 Å². The van der Waals surface area contributed by atoms with Gasteiger partial charge in [-0.2, -0.15) is 0 Å². The average Bonchev–Trinajstić information content (AvgIpc) is 3.04. The van der Waals surface area contributed by atoms with Crippen LogP contribution >= 0.6 is 11.3 Å². The number of hydrogen-bond donors (Lipinski definition) is 1. The van der Waals surface area contributed by atoms with Crippen molar-refractivity contribution < 1.29 is 14.3 Å². The molecule has 2 aliphatic rings. The van der Waals surface area contributed by atoms with Crippen molar-refractivity contribution in [1.29, 1.82) is 0 Å². The van der Waals surface area contributed by atoms with Gasteiger partial charge in [-0.3, -0.25) is 9.59 Å². The molecule has 2 amide bonds. The number of aryl methyl sites for hydroxylation is 2. The van der Waals surface area contributed by atoms with Crippen LogP contribution in [0.3, 0.4) is 0 Å². The predicted molar refractivity (Wildman–Crippen MR) is 121 cm³/mol. The molecule has 2 heterocycles. The Hall–Kier alpha value is -2.38. The monoisotopic (exact) mass is 427 g/mol. The minimum atomic E-state index is -0.192. The number of anilines is 2. The molecule has 30 heavy (non-hydrogen) atoms. The highest BCUT2D eigenvalue weighted by Crippen LogP contribution is 2.29. The van der Waals surface area contributed by atoms with Crippen molar-refractivity contribution in [2.75, 3.05) is 50.1 Å². The van der Waals surface area contributed by atoms with Gasteiger partial charge in [0.05, 0.1) is 24.6 Å². The smallest absolute Gasteiger partial charge is 0.264 e. The van der Waals surface area contributed by atoms with E-state index in [-0.39, 0.29) is 18.4 Å². The molecular weight excluding hydrogens is 398 g/mol. The Bertz CT molecular complexity index is 864. The van der Waals surface area contributed by atoms with Crippen LogP contribution in [0.25, 0.3) is 0 Å². The lowest BCUT2D eigenvalue weighted by atomic mass is 10.1. The minimum Gasteiger partial charge on any atom is -0.378 e. The van der Waals surface area contributed by atoms with Crippen molar-refractivity contribution in [2.24, 2.45) is 0 Å². The number of thiophene rings is 1. The maximum absolute atomic E-state index is 12.8. The number of rotatable bonds is 5. The second kappa shape index (κ2) is 9.62. The standard InChI is InChI=1S/C23H29N3O3S/c1-25(23(28)21-15-17-5-3-2-4-6-20(17)30-21)16-22(27)24-18-7-9-19(10-8-18)26-11-13-29-14-12-26/h7-10,15H,2-6,11-14,16H2,1H3,(H,24,27). The van der Waals surface area contributed by atoms with E-state index in [1.165, 1.54) is 34.6 Å². The summed E-state index contributed by atoms with van der Waals surface area (Å²) >= 11 is 1.59. The lowest BCUT2D eigenvalue weighted by molar-refractivity contribution is -0.116. The Morgan fingerprint density at radius 1 is 1.10 bits per heavy atom. The summed E-state index contributed by atoms with van der Waals surface area (Å²) in [6.07, 6.45) is 5.78. The van der Waals surface area contributed by atoms with E-state index in [2.05, 4.69) is 10.2 Å². The van der Waals surface area contributed by atoms with Gasteiger partial charge in [0, 0.05) is 36.4 Å². The van der Waals surface area contributed by atoms with Gasteiger partial charge in [-0.25, -0.2) is 0 Å². The molecule has 1 N–H and O–H groups in total. The number of likely N-dealkylation sites (N-methyl/N-ethyl adjacent to an activating group) is 1. The zero-order valence-electron chi connectivity index (χ0n) is 17.5. The number of hydrogen-bond acceptors (Lipinski definition) is 5. The van der Waals surface area contributed by atoms with Crippen LogP contribution in [-0.2, 0) is 22.4 Å². The molecule has 2 aromatic rings. The number of carbonyl (C=O) groups is 2. The van der Waals surface area contributed by atoms with Crippen LogP contribution in [-0.4, -0.2) is 56.6 Å². The lowest BCUT2D eigenvalue weighted by Crippen LogP contribution is -2.36. The van der Waals surface area contributed by atoms with Gasteiger partial charge in [0.2, 0.25) is 5.91 Å². The highest BCUT2D eigenvalue weighted by molar-refractivity contribution is 7.14. The summed E-state index contributed by atoms with van der Waals surface area (Å²) in [5, 5.41) is 2.89. The SMILES string of the molecule is CN(CC(=O)Nc1ccc(N2CCOCC2)cc1)C(=O)c1cc2c(s1)CCCCC2. The van der Waals surface area contributed by atoms with Crippen molar-refractivity contribution in [3.63, 3.8) is 0 Å². The lowest BCUT2D eigenvalue weighted by Gasteiger charge is -2.28. The number of amides is 2. The van der Waals surface area contributed by atoms with E-state index < -0.39 is 0 Å². The van der Waals surface area contributed by atoms with Crippen LogP contribution in [0.15, 0.2) is 30.3 Å². The van der Waals surface area contributed by atoms with E-state index in [0.29, 0.717) is 0 Å². The first-order valence-corrected chi connectivity index (χ1v) is 11.5. The van der Waals surface area contributed by atoms with Crippen molar-refractivity contribution in [3.05, 3.63) is 45.6 Å². The van der Waals surface area contributed by atoms with Gasteiger partial charge in [-0.1, -0.05) is 6.42 Å². The van der Waals surface area contributed by atoms with E-state index in [4.69, 9.17) is 4.74 Å². The third-order valence-electron chi connectivity index (χ3n) is 5.71. The summed E-state index contributed by atoms with van der Waals surface area (Å²) in [5.74, 6) is -0.269. The molecule has 0 bridgehead atoms. The number of morpholine rings is 1. The first-order chi connectivity index (χ1) is 14.6. The Kier molecular flexibility index (Phi) is 6.69. The molecule has 1 aliphatic carbocycles. The number of nitrogens with zero attached hydrogens (tertiary/aromatic N) is 2. The van der Waals surface area contributed by atoms with Gasteiger partial charge in [0.1, 0.15) is 0 Å². The number of nitrogens with one attached hydrogen (secondary N) is 1. The fraction of sp³-hybridized carbons (Fsp3) is 0.478. The zero-order chi connectivity index (χ0) is 20.9. The summed E-state index contributed by atoms with van der Waals surface area (Å²) in [4.78, 5) is 31.1. The van der Waals surface area contributed by atoms with Crippen LogP contribution < -0.4 is 10.2 Å². The molecule has 7 heteroatoms. The quantitative estimate of drug-likeness (QED) is 0.741. The van der Waals surface area contributed by atoms with Crippen LogP contribution in [0.5, 0.6) is 0 Å². The van der Waals surface area contributed by atoms with Crippen molar-refractivity contribution in [3.8, 4) is 0 Å². The molecule has 4 rings (SSSR count). The predicted octanol–water partition coefficient (Wildman–Crippen LogP) is 3.56. The Morgan fingerprint density at radius 3 is 2.60 bits per heavy atom. The van der Waals surface area contributed by atoms with Crippen LogP contribution in [0.1, 0.15) is 39.4 Å². The Morgan fingerprint density at radius 2 is 1.83 bits per heavy atom. The van der Waals surface area contributed by atoms with Crippen molar-refractivity contribution in [2.45, 2.75) is 32.1 Å². The zero-order valence-corrected chi connectivity index (χ0v) is 18.3. The number of ether oxygens (including phenoxy) is 1. The van der Waals surface area contributed by atoms with Crippen molar-refractivity contribution >= 4 is 34.5 Å². The molecule has 1 aromatic carbocycles. The third kappa shape index (κ3) is 5.02. The summed E-state index contributed by atoms with van der Waals surface area (Å²) < 4.78 is 5.38. The molecule has 0 atom stereocenters. The average molecular weight is 428 g/mol. The molecular formula is C23H29N3O3S. The summed E-state index contributed by atoms with van der Waals surface area (Å²) in [7, 11) is 1.69. The van der Waals surface area contributed by atoms with E-state index >= 15 is 0 Å². The Balaban J connectivity index is 1.31. The van der Waals surface area contributed by atoms with Gasteiger partial charge < -0.3 is 19.9 Å². The molecule has 0 unspecified atom stereocenters. The maximum Gasteiger partial charge on any atom is 0.264 e. The van der Waals surface area contributed by atoms with Gasteiger partial charge in [-0.15, -0.1) is 11.3 Å². The molecule has 6 nitrogen and oxygen atoms in total. The second-order valence-electron chi connectivity index (χ2n) is 7.98. The van der Waals surface area contributed by atoms with E-state index in [1.54, 1.807) is 18.4 Å². The minimum absolute atomic E-state index is 0.0343. The fourth-order valence-electron chi connectivity index (χ4n) is 4.03. The fourth-order valence-corrected chi connectivity index (χ4v) is 5.27. The number of carbonyl (C=O) groups excluding carboxylic acids is 2. The molecule has 1 fully saturated rings. The van der Waals surface area contributed by atoms with E-state index in [1.807, 2.05) is 30.3 Å². The van der Waals surface area contributed by atoms with Gasteiger partial charge in [0.25, 0.3) is 5.91 Å². The highest BCUT2D eigenvalue weighted by atomic mass is 32.1. The van der Waals surface area contributed by atoms with Crippen LogP contribution in [0.4, 0.5) is 11.4 Å². The van der Waals surface area contributed by atoms with Crippen LogP contribution in [0.2, 0.25) is 0 Å². The van der Waals surface area contributed by atoms with Gasteiger partial charge >= 0.3 is 0 Å². The highest BCUT2D eigenvalue weighted by Gasteiger charge is 2.20. The van der Waals surface area contributed by atoms with Crippen LogP contribution in [0, 0.1) is 0 Å². The molecule has 1 saturated heterocycles. The largest absolute Gasteiger partial charge is 0.378 e. The summed E-state index contributed by atoms with van der Waals surface area (Å²) in [6.45, 7) is 3.28. The van der Waals surface area contributed by atoms with Gasteiger partial charge in [-0.05, 0) is 61.6 Å². The third-order valence-corrected chi connectivity index (χ3v) is 6.94. The van der Waals surface area contributed by atoms with Crippen molar-refractivity contribution in [1.82, 2.24) is 4.90 Å². The molecule has 1 aromatic heterocycles. The number of benzene rings is 1. The Labute approximate surface area is 181 Å². The first-order valence-electron chi connectivity index (χ1n) is 10.7. The normalized spacial score (nSPS) is 16.5. The molecule has 1 aliphatic heterocycles. The number of fused-ring (bicyclic) bond motifs is 1. The van der Waals surface area contributed by atoms with Gasteiger partial charge in [0.15, 0.2) is 0 Å². The summed E-state index contributed by atoms with van der Waals surface area (Å²) in [5.41, 5.74) is 3.18. The molecule has 0 radical (unpaired) electrons. The first kappa shape index (κ1) is 20.9. The molecule has 160 valence electrons. The van der Waals surface area contributed by atoms with E-state index in [0.717, 1.165) is 55.4 Å². The summed E-state index contributed by atoms with van der Waals surface area (Å²) in [6, 6.07) is 9.86. The maximum atomic E-state index is 12.8. The molecule has 0 saturated carbocycles. The molecule has 0 spiro atoms. The topological polar surface area (TPSA) is 61.9 Å². The second-order valence-corrected chi connectivity index (χ2v) is 9.11.